The Bertz CT molecular complexity index is 1970. The molecule has 434 valence electrons. The van der Waals surface area contributed by atoms with Gasteiger partial charge < -0.3 is 43.4 Å². The molecule has 0 heterocycles. The summed E-state index contributed by atoms with van der Waals surface area (Å²) in [6.45, 7) is 6.12. The summed E-state index contributed by atoms with van der Waals surface area (Å²) in [4.78, 5) is 25.0. The number of carbonyl (C=O) groups is 2. The number of halogens is 19. The molecule has 0 spiro atoms. The first kappa shape index (κ1) is 67.3. The number of hydrogen-bond donors (Lipinski definition) is 2. The molecular formula is C44H59ClF18O11. The van der Waals surface area contributed by atoms with Crippen molar-refractivity contribution >= 4 is 23.5 Å². The fourth-order valence-corrected chi connectivity index (χ4v) is 9.29. The zero-order valence-electron chi connectivity index (χ0n) is 41.6. The van der Waals surface area contributed by atoms with E-state index < -0.39 is 167 Å². The molecule has 0 radical (unpaired) electrons. The Morgan fingerprint density at radius 2 is 0.757 bits per heavy atom. The lowest BCUT2D eigenvalue weighted by atomic mass is 9.72. The van der Waals surface area contributed by atoms with Crippen LogP contribution in [0, 0.1) is 34.5 Å². The quantitative estimate of drug-likeness (QED) is 0.0473. The standard InChI is InChI=1S/C23H28F12O6.C19H26F6O4.C2H5ClO/c1-6-17(2,3)16(36)41-13-8-11-7-12(13)15(19(22(30,31)32,23(33,34)35)40-10-38-5)14(11)18(20(24,25)26,21(27,28)29)39-9-37-4;1-6-15(2,3)14(26)29-11-8-9-7-10(11)13(17(5,28)19(23,24)25)12(9)16(4,27)18(20,21)22;1-4-2-3/h11-13H,6-10H2,1-5H3;9-11,27-28H,6-8H2,1-5H3;2H2,1H3. The van der Waals surface area contributed by atoms with Gasteiger partial charge in [-0.1, -0.05) is 25.4 Å². The number of fused-ring (bicyclic) bond motifs is 4. The van der Waals surface area contributed by atoms with E-state index in [4.69, 9.17) is 21.1 Å². The van der Waals surface area contributed by atoms with Crippen LogP contribution in [0.15, 0.2) is 22.3 Å². The summed E-state index contributed by atoms with van der Waals surface area (Å²) < 4.78 is 286. The van der Waals surface area contributed by atoms with Crippen LogP contribution in [0.25, 0.3) is 0 Å². The van der Waals surface area contributed by atoms with E-state index in [0.29, 0.717) is 40.6 Å². The number of alkyl halides is 19. The minimum Gasteiger partial charge on any atom is -0.461 e. The van der Waals surface area contributed by atoms with Gasteiger partial charge in [-0.15, -0.1) is 0 Å². The molecular weight excluding hydrogens is 1080 g/mol. The second-order valence-corrected chi connectivity index (χ2v) is 19.8. The van der Waals surface area contributed by atoms with Crippen LogP contribution in [-0.2, 0) is 42.7 Å². The molecule has 0 saturated heterocycles. The summed E-state index contributed by atoms with van der Waals surface area (Å²) in [6.07, 6.45) is -42.1. The highest BCUT2D eigenvalue weighted by atomic mass is 35.5. The van der Waals surface area contributed by atoms with Crippen molar-refractivity contribution < 1.29 is 132 Å². The largest absolute Gasteiger partial charge is 0.461 e. The number of hydrogen-bond acceptors (Lipinski definition) is 11. The number of aliphatic hydroxyl groups is 2. The van der Waals surface area contributed by atoms with Crippen LogP contribution in [0.4, 0.5) is 79.0 Å². The van der Waals surface area contributed by atoms with E-state index in [1.807, 2.05) is 0 Å². The molecule has 0 aromatic heterocycles. The van der Waals surface area contributed by atoms with E-state index in [-0.39, 0.29) is 19.3 Å². The van der Waals surface area contributed by atoms with Crippen molar-refractivity contribution in [1.82, 2.24) is 0 Å². The fourth-order valence-electron chi connectivity index (χ4n) is 9.29. The smallest absolute Gasteiger partial charge is 0.430 e. The van der Waals surface area contributed by atoms with Crippen molar-refractivity contribution in [2.45, 2.75) is 166 Å². The molecule has 4 aliphatic carbocycles. The van der Waals surface area contributed by atoms with Gasteiger partial charge in [0.25, 0.3) is 11.2 Å². The Balaban J connectivity index is 0.000000496. The Labute approximate surface area is 418 Å². The van der Waals surface area contributed by atoms with Crippen LogP contribution < -0.4 is 0 Å². The first-order valence-electron chi connectivity index (χ1n) is 22.2. The van der Waals surface area contributed by atoms with Crippen LogP contribution in [0.1, 0.15) is 93.9 Å². The maximum Gasteiger partial charge on any atom is 0.430 e. The minimum absolute atomic E-state index is 0.0721. The average molecular weight is 1140 g/mol. The van der Waals surface area contributed by atoms with Crippen LogP contribution in [0.5, 0.6) is 0 Å². The maximum absolute atomic E-state index is 14.5. The number of carbonyl (C=O) groups excluding carboxylic acids is 2. The van der Waals surface area contributed by atoms with E-state index >= 15 is 0 Å². The fraction of sp³-hybridized carbons (Fsp3) is 0.864. The molecule has 2 saturated carbocycles. The SMILES string of the molecule is CCC(C)(C)C(=O)OC1CC2CC1C(C(C)(O)C(F)(F)F)=C2C(C)(O)C(F)(F)F.CCC(C)(C)C(=O)OC1CC2CC1C(C(OCOC)(C(F)(F)F)C(F)(F)F)=C2C(OCOC)(C(F)(F)F)C(F)(F)F.COCCl. The topological polar surface area (TPSA) is 139 Å². The minimum atomic E-state index is -6.68. The van der Waals surface area contributed by atoms with Crippen LogP contribution in [0.3, 0.4) is 0 Å². The lowest BCUT2D eigenvalue weighted by molar-refractivity contribution is -0.388. The van der Waals surface area contributed by atoms with Gasteiger partial charge in [0.05, 0.1) is 10.8 Å². The zero-order valence-corrected chi connectivity index (χ0v) is 42.3. The predicted molar refractivity (Wildman–Crippen MR) is 221 cm³/mol. The lowest BCUT2D eigenvalue weighted by Gasteiger charge is -2.47. The molecule has 8 atom stereocenters. The van der Waals surface area contributed by atoms with Crippen LogP contribution in [-0.4, -0.2) is 135 Å². The van der Waals surface area contributed by atoms with E-state index in [9.17, 15) is 98.8 Å². The van der Waals surface area contributed by atoms with Gasteiger partial charge in [0.2, 0.25) is 0 Å². The van der Waals surface area contributed by atoms with Gasteiger partial charge in [0.15, 0.2) is 11.2 Å². The second-order valence-electron chi connectivity index (χ2n) is 19.6. The summed E-state index contributed by atoms with van der Waals surface area (Å²) in [6, 6.07) is 0.292. The monoisotopic (exact) mass is 1140 g/mol. The molecule has 11 nitrogen and oxygen atoms in total. The number of esters is 2. The zero-order chi connectivity index (χ0) is 58.2. The van der Waals surface area contributed by atoms with Gasteiger partial charge in [-0.05, 0) is 114 Å². The highest BCUT2D eigenvalue weighted by molar-refractivity contribution is 6.17. The molecule has 0 aliphatic heterocycles. The average Bonchev–Trinajstić information content (AvgIpc) is 4.02. The molecule has 30 heteroatoms. The van der Waals surface area contributed by atoms with Gasteiger partial charge >= 0.3 is 49.0 Å². The third-order valence-corrected chi connectivity index (χ3v) is 14.2. The Morgan fingerprint density at radius 3 is 1.03 bits per heavy atom. The molecule has 74 heavy (non-hydrogen) atoms. The maximum atomic E-state index is 14.5. The molecule has 2 fully saturated rings. The third-order valence-electron chi connectivity index (χ3n) is 13.9. The van der Waals surface area contributed by atoms with Gasteiger partial charge in [-0.3, -0.25) is 9.59 Å². The van der Waals surface area contributed by atoms with E-state index in [0.717, 1.165) is 0 Å². The van der Waals surface area contributed by atoms with Gasteiger partial charge in [0.1, 0.15) is 31.9 Å². The van der Waals surface area contributed by atoms with Crippen LogP contribution >= 0.6 is 11.6 Å². The molecule has 0 aromatic rings. The Morgan fingerprint density at radius 1 is 0.473 bits per heavy atom. The van der Waals surface area contributed by atoms with Crippen molar-refractivity contribution in [2.75, 3.05) is 41.0 Å². The highest BCUT2D eigenvalue weighted by Crippen LogP contribution is 2.67. The third kappa shape index (κ3) is 12.5. The van der Waals surface area contributed by atoms with E-state index in [1.54, 1.807) is 27.9 Å². The van der Waals surface area contributed by atoms with Gasteiger partial charge in [-0.25, -0.2) is 0 Å². The molecule has 4 aliphatic rings. The predicted octanol–water partition coefficient (Wildman–Crippen LogP) is 11.8. The first-order chi connectivity index (χ1) is 33.1. The number of ether oxygens (including phenoxy) is 7. The normalized spacial score (nSPS) is 24.8. The first-order valence-corrected chi connectivity index (χ1v) is 22.7. The summed E-state index contributed by atoms with van der Waals surface area (Å²) in [5, 5.41) is 20.4. The van der Waals surface area contributed by atoms with Crippen LogP contribution in [0.2, 0.25) is 0 Å². The number of rotatable bonds is 17. The molecule has 8 unspecified atom stereocenters. The Kier molecular flexibility index (Phi) is 20.8. The molecule has 2 N–H and O–H groups in total. The lowest BCUT2D eigenvalue weighted by Crippen LogP contribution is -2.66. The molecule has 4 bridgehead atoms. The summed E-state index contributed by atoms with van der Waals surface area (Å²) in [5.41, 5.74) is -27.5. The molecule has 4 rings (SSSR count). The van der Waals surface area contributed by atoms with Crippen molar-refractivity contribution in [3.05, 3.63) is 22.3 Å². The highest BCUT2D eigenvalue weighted by Gasteiger charge is 2.83. The van der Waals surface area contributed by atoms with Crippen molar-refractivity contribution in [3.63, 3.8) is 0 Å². The molecule has 0 aromatic carbocycles. The molecule has 0 amide bonds. The van der Waals surface area contributed by atoms with Gasteiger partial charge in [-0.2, -0.15) is 79.0 Å². The summed E-state index contributed by atoms with van der Waals surface area (Å²) >= 11 is 4.96. The van der Waals surface area contributed by atoms with E-state index in [2.05, 4.69) is 23.7 Å². The van der Waals surface area contributed by atoms with Crippen molar-refractivity contribution in [3.8, 4) is 0 Å². The Hall–Kier alpha value is -2.83. The summed E-state index contributed by atoms with van der Waals surface area (Å²) in [7, 11) is 2.73. The number of methoxy groups -OCH3 is 3. The van der Waals surface area contributed by atoms with E-state index in [1.165, 1.54) is 20.8 Å². The second kappa shape index (κ2) is 22.9. The summed E-state index contributed by atoms with van der Waals surface area (Å²) in [5.74, 6) is -8.85. The van der Waals surface area contributed by atoms with Crippen molar-refractivity contribution in [2.24, 2.45) is 34.5 Å². The van der Waals surface area contributed by atoms with Crippen molar-refractivity contribution in [1.29, 1.82) is 0 Å². The van der Waals surface area contributed by atoms with Gasteiger partial charge in [0, 0.05) is 33.2 Å².